The number of rotatable bonds is 20. The second-order valence-corrected chi connectivity index (χ2v) is 48.6. The van der Waals surface area contributed by atoms with Crippen molar-refractivity contribution in [2.75, 3.05) is 56.4 Å². The number of hydrogen-bond donors (Lipinski definition) is 0. The zero-order valence-electron chi connectivity index (χ0n) is 73.6. The molecule has 4 nitrogen and oxygen atoms in total. The van der Waals surface area contributed by atoms with Crippen molar-refractivity contribution in [3.05, 3.63) is 91.0 Å². The van der Waals surface area contributed by atoms with Crippen LogP contribution in [0.15, 0.2) is 91.0 Å². The molecule has 0 spiro atoms. The van der Waals surface area contributed by atoms with E-state index in [4.69, 9.17) is 0 Å². The molecule has 0 N–H and O–H groups in total. The van der Waals surface area contributed by atoms with Crippen LogP contribution in [0.4, 0.5) is 0 Å². The van der Waals surface area contributed by atoms with Crippen LogP contribution in [0.2, 0.25) is 0 Å². The summed E-state index contributed by atoms with van der Waals surface area (Å²) in [5.41, 5.74) is 8.98. The van der Waals surface area contributed by atoms with Crippen molar-refractivity contribution < 1.29 is 102 Å². The zero-order valence-corrected chi connectivity index (χ0v) is 83.8. The van der Waals surface area contributed by atoms with Crippen LogP contribution in [-0.4, -0.2) is 151 Å². The van der Waals surface area contributed by atoms with E-state index < -0.39 is 0 Å². The SMILES string of the molecule is C1CCCC1.C1CCCC1.C1CCCC1.C1CCCC1.CC(C)[P@@](C1CCCC1)C1CCCC1[C@@H](C)N(C)C.C[C@H](C1CCCC1P(c1ccccc1)C1CCCC1)N(C)C.C[C@H](C1CCCC1[P@@](c1ccccc1)C1CCCC1)N(C)C.C[C@H](C1CCCC1[P@@](c1ccccc1)C1CCCC1)N(C)C.[Fe].[Fe].[Fe].[Fe].[Fe].[Fe]. The van der Waals surface area contributed by atoms with E-state index in [1.807, 2.05) is 0 Å². The standard InChI is InChI=1S/3C20H32NP.C17H34NP.4C5H10.6Fe/c3*1-16(21(2)3)19-14-9-15-20(19)22(18-12-7-8-13-18)17-10-5-4-6-11-17;1-13(2)19(15-9-6-7-10-15)17-12-8-11-16(17)14(3)18(4)5;4*1-2-4-5-3-1;;;;;;/h3*4-6,10-11,16,18-20H,7-9,12-15H2,1-3H3;13-17H,6-12H2,1-5H3;4*1-5H2;;;;;;/t16-,19?,20?,22?;2*16-,19?,20?,22+;14-,16?,17?,19+;;;;;;;;;;/m1111........../s1. The third-order valence-electron chi connectivity index (χ3n) is 29.0. The Labute approximate surface area is 758 Å². The van der Waals surface area contributed by atoms with Crippen LogP contribution in [-0.2, 0) is 102 Å². The molecular weight excluding hydrogens is 1680 g/mol. The molecule has 111 heavy (non-hydrogen) atoms. The molecule has 16 atom stereocenters. The third-order valence-corrected chi connectivity index (χ3v) is 43.6. The number of benzene rings is 3. The van der Waals surface area contributed by atoms with Gasteiger partial charge in [0.15, 0.2) is 0 Å². The van der Waals surface area contributed by atoms with Crippen LogP contribution in [0.5, 0.6) is 0 Å². The Bertz CT molecular complexity index is 2350. The first-order valence-electron chi connectivity index (χ1n) is 46.0. The van der Waals surface area contributed by atoms with Crippen molar-refractivity contribution in [2.45, 2.75) is 425 Å². The molecule has 12 saturated carbocycles. The van der Waals surface area contributed by atoms with E-state index in [2.05, 4.69) is 209 Å². The molecule has 9 unspecified atom stereocenters. The van der Waals surface area contributed by atoms with Gasteiger partial charge >= 0.3 is 0 Å². The summed E-state index contributed by atoms with van der Waals surface area (Å²) >= 11 is 0. The maximum atomic E-state index is 2.51. The van der Waals surface area contributed by atoms with Gasteiger partial charge in [0.05, 0.1) is 0 Å². The molecule has 14 heteroatoms. The summed E-state index contributed by atoms with van der Waals surface area (Å²) in [7, 11) is 18.4. The Morgan fingerprint density at radius 1 is 0.216 bits per heavy atom. The van der Waals surface area contributed by atoms with Gasteiger partial charge < -0.3 is 19.6 Å². The Balaban J connectivity index is 0.000000454. The Hall–Kier alpha value is 2.34. The van der Waals surface area contributed by atoms with Crippen molar-refractivity contribution in [1.29, 1.82) is 0 Å². The maximum absolute atomic E-state index is 2.51. The van der Waals surface area contributed by atoms with E-state index in [9.17, 15) is 0 Å². The predicted molar refractivity (Wildman–Crippen MR) is 480 cm³/mol. The van der Waals surface area contributed by atoms with E-state index in [0.717, 1.165) is 98.8 Å². The van der Waals surface area contributed by atoms with Gasteiger partial charge in [-0.25, -0.2) is 0 Å². The first-order chi connectivity index (χ1) is 51.1. The molecule has 0 aliphatic heterocycles. The quantitative estimate of drug-likeness (QED) is 0.0826. The van der Waals surface area contributed by atoms with E-state index in [1.54, 1.807) is 28.8 Å². The van der Waals surface area contributed by atoms with E-state index in [-0.39, 0.29) is 134 Å². The molecule has 0 radical (unpaired) electrons. The molecule has 646 valence electrons. The minimum absolute atomic E-state index is 0. The minimum Gasteiger partial charge on any atom is -0.306 e. The second-order valence-electron chi connectivity index (χ2n) is 37.1. The van der Waals surface area contributed by atoms with Gasteiger partial charge in [-0.1, -0.05) is 342 Å². The van der Waals surface area contributed by atoms with Crippen molar-refractivity contribution in [1.82, 2.24) is 19.6 Å². The Morgan fingerprint density at radius 3 is 0.586 bits per heavy atom. The molecule has 0 saturated heterocycles. The van der Waals surface area contributed by atoms with Crippen LogP contribution >= 0.6 is 31.7 Å². The molecule has 12 aliphatic carbocycles. The normalized spacial score (nSPS) is 27.2. The molecule has 0 bridgehead atoms. The third kappa shape index (κ3) is 36.2. The van der Waals surface area contributed by atoms with Crippen LogP contribution in [0.3, 0.4) is 0 Å². The van der Waals surface area contributed by atoms with E-state index in [0.29, 0.717) is 0 Å². The molecule has 3 aromatic rings. The molecule has 12 aliphatic rings. The fourth-order valence-corrected chi connectivity index (χ4v) is 38.8. The number of hydrogen-bond acceptors (Lipinski definition) is 4. The van der Waals surface area contributed by atoms with E-state index >= 15 is 0 Å². The Morgan fingerprint density at radius 2 is 0.396 bits per heavy atom. The monoisotopic (exact) mass is 1850 g/mol. The van der Waals surface area contributed by atoms with Crippen LogP contribution in [0, 0.1) is 23.7 Å². The van der Waals surface area contributed by atoms with Gasteiger partial charge in [0, 0.05) is 127 Å². The topological polar surface area (TPSA) is 13.0 Å². The molecule has 12 fully saturated rings. The van der Waals surface area contributed by atoms with Crippen molar-refractivity contribution in [3.63, 3.8) is 0 Å². The molecule has 0 heterocycles. The molecule has 0 aromatic heterocycles. The summed E-state index contributed by atoms with van der Waals surface area (Å²) in [4.78, 5) is 9.83. The first kappa shape index (κ1) is 109. The second kappa shape index (κ2) is 62.4. The average Bonchev–Trinajstić information content (AvgIpc) is 1.68. The zero-order chi connectivity index (χ0) is 74.7. The molecule has 3 aromatic carbocycles. The Kier molecular flexibility index (Phi) is 61.5. The van der Waals surface area contributed by atoms with Gasteiger partial charge in [0.1, 0.15) is 0 Å². The summed E-state index contributed by atoms with van der Waals surface area (Å²) < 4.78 is 0. The van der Waals surface area contributed by atoms with E-state index in [1.165, 1.54) is 295 Å². The minimum atomic E-state index is 0. The molecule has 15 rings (SSSR count). The van der Waals surface area contributed by atoms with Gasteiger partial charge in [-0.15, -0.1) is 0 Å². The number of nitrogens with zero attached hydrogens (tertiary/aromatic N) is 4. The van der Waals surface area contributed by atoms with Crippen LogP contribution < -0.4 is 15.9 Å². The first-order valence-corrected chi connectivity index (χ1v) is 52.0. The predicted octanol–water partition coefficient (Wildman–Crippen LogP) is 27.3. The van der Waals surface area contributed by atoms with Gasteiger partial charge in [-0.05, 0) is 277 Å². The van der Waals surface area contributed by atoms with Gasteiger partial charge in [0.25, 0.3) is 0 Å². The molecular formula is C97H170Fe6N4P4. The summed E-state index contributed by atoms with van der Waals surface area (Å²) in [6.07, 6.45) is 71.5. The summed E-state index contributed by atoms with van der Waals surface area (Å²) in [6, 6.07) is 37.7. The van der Waals surface area contributed by atoms with Crippen molar-refractivity contribution in [2.24, 2.45) is 23.7 Å². The fourth-order valence-electron chi connectivity index (χ4n) is 22.2. The van der Waals surface area contributed by atoms with Gasteiger partial charge in [0.2, 0.25) is 0 Å². The maximum Gasteiger partial charge on any atom is 0.00952 e. The smallest absolute Gasteiger partial charge is 0.00952 e. The largest absolute Gasteiger partial charge is 0.306 e. The average molecular weight is 1850 g/mol. The summed E-state index contributed by atoms with van der Waals surface area (Å²) in [5.74, 6) is 3.69. The summed E-state index contributed by atoms with van der Waals surface area (Å²) in [5, 5.41) is 5.06. The van der Waals surface area contributed by atoms with Crippen LogP contribution in [0.25, 0.3) is 0 Å². The molecule has 0 amide bonds. The van der Waals surface area contributed by atoms with Crippen molar-refractivity contribution >= 4 is 47.6 Å². The fraction of sp³-hybridized carbons (Fsp3) is 0.814. The van der Waals surface area contributed by atoms with Gasteiger partial charge in [-0.2, -0.15) is 0 Å². The summed E-state index contributed by atoms with van der Waals surface area (Å²) in [6.45, 7) is 14.9. The van der Waals surface area contributed by atoms with Crippen LogP contribution in [0.1, 0.15) is 350 Å². The van der Waals surface area contributed by atoms with Gasteiger partial charge in [-0.3, -0.25) is 0 Å². The van der Waals surface area contributed by atoms with Crippen molar-refractivity contribution in [3.8, 4) is 0 Å².